The molecule has 2 heterocycles. The smallest absolute Gasteiger partial charge is 0.271 e. The summed E-state index contributed by atoms with van der Waals surface area (Å²) < 4.78 is 8.75. The maximum Gasteiger partial charge on any atom is 0.271 e. The molecule has 130 valence electrons. The minimum Gasteiger partial charge on any atom is -0.492 e. The van der Waals surface area contributed by atoms with Crippen LogP contribution >= 0.6 is 15.9 Å². The number of amidine groups is 1. The van der Waals surface area contributed by atoms with Gasteiger partial charge in [-0.1, -0.05) is 40.2 Å². The van der Waals surface area contributed by atoms with Crippen LogP contribution in [-0.2, 0) is 5.72 Å². The highest BCUT2D eigenvalue weighted by Crippen LogP contribution is 2.39. The summed E-state index contributed by atoms with van der Waals surface area (Å²) in [5, 5.41) is 11.7. The Kier molecular flexibility index (Phi) is 4.29. The van der Waals surface area contributed by atoms with E-state index in [4.69, 9.17) is 4.74 Å². The molecule has 0 radical (unpaired) electrons. The van der Waals surface area contributed by atoms with Crippen molar-refractivity contribution in [3.63, 3.8) is 0 Å². The first kappa shape index (κ1) is 16.6. The van der Waals surface area contributed by atoms with Crippen LogP contribution in [-0.4, -0.2) is 35.7 Å². The minimum atomic E-state index is -1.02. The van der Waals surface area contributed by atoms with Crippen molar-refractivity contribution in [1.82, 2.24) is 0 Å². The molecule has 0 bridgehead atoms. The number of benzene rings is 2. The third-order valence-corrected chi connectivity index (χ3v) is 5.69. The van der Waals surface area contributed by atoms with Crippen LogP contribution in [0.15, 0.2) is 53.0 Å². The van der Waals surface area contributed by atoms with Gasteiger partial charge in [-0.3, -0.25) is 0 Å². The molecule has 2 aromatic rings. The fourth-order valence-corrected chi connectivity index (χ4v) is 4.20. The largest absolute Gasteiger partial charge is 0.492 e. The fraction of sp³-hybridized carbons (Fsp3) is 0.350. The molecule has 0 aromatic heterocycles. The lowest BCUT2D eigenvalue weighted by atomic mass is 10.0. The van der Waals surface area contributed by atoms with Crippen LogP contribution in [0.3, 0.4) is 0 Å². The van der Waals surface area contributed by atoms with Gasteiger partial charge < -0.3 is 9.84 Å². The molecule has 4 nitrogen and oxygen atoms in total. The number of hydrogen-bond acceptors (Lipinski definition) is 3. The molecule has 2 aromatic carbocycles. The third-order valence-electron chi connectivity index (χ3n) is 5.16. The summed E-state index contributed by atoms with van der Waals surface area (Å²) in [7, 11) is 1.69. The van der Waals surface area contributed by atoms with E-state index < -0.39 is 5.72 Å². The molecule has 0 saturated heterocycles. The first-order valence-electron chi connectivity index (χ1n) is 8.66. The van der Waals surface area contributed by atoms with Crippen molar-refractivity contribution >= 4 is 27.5 Å². The molecule has 1 N–H and O–H groups in total. The first-order valence-corrected chi connectivity index (χ1v) is 9.45. The molecule has 5 heteroatoms. The Balaban J connectivity index is 1.82. The van der Waals surface area contributed by atoms with E-state index in [0.717, 1.165) is 47.3 Å². The van der Waals surface area contributed by atoms with Crippen LogP contribution in [0.1, 0.15) is 24.8 Å². The second kappa shape index (κ2) is 6.46. The Bertz CT molecular complexity index is 819. The lowest BCUT2D eigenvalue weighted by Gasteiger charge is -2.24. The molecule has 0 aliphatic carbocycles. The number of halogens is 1. The number of para-hydroxylation sites is 2. The van der Waals surface area contributed by atoms with Crippen molar-refractivity contribution in [2.24, 2.45) is 0 Å². The van der Waals surface area contributed by atoms with Crippen LogP contribution in [0.4, 0.5) is 5.69 Å². The Labute approximate surface area is 156 Å². The predicted octanol–water partition coefficient (Wildman–Crippen LogP) is 3.72. The molecule has 4 rings (SSSR count). The van der Waals surface area contributed by atoms with Crippen LogP contribution in [0.5, 0.6) is 5.75 Å². The number of rotatable bonds is 3. The number of hydrogen-bond donors (Lipinski definition) is 1. The van der Waals surface area contributed by atoms with Gasteiger partial charge in [0.05, 0.1) is 13.7 Å². The Morgan fingerprint density at radius 2 is 1.88 bits per heavy atom. The first-order chi connectivity index (χ1) is 12.1. The monoisotopic (exact) mass is 401 g/mol. The van der Waals surface area contributed by atoms with Gasteiger partial charge in [0.2, 0.25) is 0 Å². The summed E-state index contributed by atoms with van der Waals surface area (Å²) in [6.07, 6.45) is 3.22. The maximum absolute atomic E-state index is 11.7. The Morgan fingerprint density at radius 1 is 1.12 bits per heavy atom. The van der Waals surface area contributed by atoms with Crippen LogP contribution in [0.2, 0.25) is 0 Å². The predicted molar refractivity (Wildman–Crippen MR) is 102 cm³/mol. The van der Waals surface area contributed by atoms with Gasteiger partial charge in [0.25, 0.3) is 11.6 Å². The number of β-amino-alcohol motifs (C(OH)–C–C–N with tert-alkyl or cyclic N) is 1. The highest BCUT2D eigenvalue weighted by molar-refractivity contribution is 9.10. The molecule has 0 fully saturated rings. The van der Waals surface area contributed by atoms with Gasteiger partial charge in [0, 0.05) is 16.5 Å². The van der Waals surface area contributed by atoms with Crippen molar-refractivity contribution in [3.8, 4) is 5.75 Å². The zero-order valence-corrected chi connectivity index (χ0v) is 15.9. The van der Waals surface area contributed by atoms with Crippen LogP contribution in [0.25, 0.3) is 0 Å². The SMILES string of the molecule is COc1ccccc1N1C[C@@](O)(c2ccc(Br)cc2)[N+]2=C1CCCC2. The van der Waals surface area contributed by atoms with Crippen molar-refractivity contribution in [2.45, 2.75) is 25.0 Å². The lowest BCUT2D eigenvalue weighted by Crippen LogP contribution is -2.41. The normalized spacial score (nSPS) is 22.9. The minimum absolute atomic E-state index is 0.504. The quantitative estimate of drug-likeness (QED) is 0.796. The second-order valence-electron chi connectivity index (χ2n) is 6.61. The summed E-state index contributed by atoms with van der Waals surface area (Å²) in [5.74, 6) is 2.02. The van der Waals surface area contributed by atoms with Crippen molar-refractivity contribution in [2.75, 3.05) is 25.1 Å². The Morgan fingerprint density at radius 3 is 2.64 bits per heavy atom. The zero-order valence-electron chi connectivity index (χ0n) is 14.3. The number of methoxy groups -OCH3 is 1. The van der Waals surface area contributed by atoms with Gasteiger partial charge in [-0.2, -0.15) is 0 Å². The van der Waals surface area contributed by atoms with E-state index >= 15 is 0 Å². The molecule has 2 aliphatic heterocycles. The van der Waals surface area contributed by atoms with Crippen molar-refractivity contribution in [3.05, 3.63) is 58.6 Å². The van der Waals surface area contributed by atoms with E-state index in [2.05, 4.69) is 31.5 Å². The van der Waals surface area contributed by atoms with Crippen molar-refractivity contribution in [1.29, 1.82) is 0 Å². The summed E-state index contributed by atoms with van der Waals surface area (Å²) in [4.78, 5) is 2.22. The highest BCUT2D eigenvalue weighted by Gasteiger charge is 2.52. The summed E-state index contributed by atoms with van der Waals surface area (Å²) in [6, 6.07) is 16.0. The van der Waals surface area contributed by atoms with Crippen LogP contribution < -0.4 is 9.64 Å². The second-order valence-corrected chi connectivity index (χ2v) is 7.52. The highest BCUT2D eigenvalue weighted by atomic mass is 79.9. The fourth-order valence-electron chi connectivity index (χ4n) is 3.93. The van der Waals surface area contributed by atoms with E-state index in [1.54, 1.807) is 7.11 Å². The van der Waals surface area contributed by atoms with Crippen LogP contribution in [0, 0.1) is 0 Å². The molecule has 2 aliphatic rings. The third kappa shape index (κ3) is 2.75. The molecule has 25 heavy (non-hydrogen) atoms. The van der Waals surface area contributed by atoms with E-state index in [1.807, 2.05) is 42.5 Å². The summed E-state index contributed by atoms with van der Waals surface area (Å²) >= 11 is 3.48. The van der Waals surface area contributed by atoms with E-state index in [-0.39, 0.29) is 0 Å². The molecular weight excluding hydrogens is 380 g/mol. The number of ether oxygens (including phenoxy) is 1. The zero-order chi connectivity index (χ0) is 17.4. The van der Waals surface area contributed by atoms with Gasteiger partial charge in [-0.05, 0) is 37.1 Å². The van der Waals surface area contributed by atoms with Gasteiger partial charge in [-0.15, -0.1) is 0 Å². The molecule has 0 amide bonds. The number of anilines is 1. The van der Waals surface area contributed by atoms with Gasteiger partial charge in [-0.25, -0.2) is 9.48 Å². The molecule has 0 saturated carbocycles. The van der Waals surface area contributed by atoms with E-state index in [0.29, 0.717) is 6.54 Å². The molecule has 1 atom stereocenters. The van der Waals surface area contributed by atoms with Gasteiger partial charge in [0.1, 0.15) is 0 Å². The van der Waals surface area contributed by atoms with E-state index in [9.17, 15) is 5.11 Å². The molecular formula is C20H22BrN2O2+. The average molecular weight is 402 g/mol. The average Bonchev–Trinajstić information content (AvgIpc) is 2.96. The summed E-state index contributed by atoms with van der Waals surface area (Å²) in [5.41, 5.74) is 0.921. The molecule has 0 unspecified atom stereocenters. The molecule has 0 spiro atoms. The standard InChI is InChI=1S/C20H22BrN2O2/c1-25-18-7-3-2-6-17(18)22-14-20(24,15-9-11-16(21)12-10-15)23-13-5-4-8-19(22)23/h2-3,6-7,9-12,24H,4-5,8,13-14H2,1H3/q+1/t20-/m1/s1. The number of aliphatic hydroxyl groups is 1. The lowest BCUT2D eigenvalue weighted by molar-refractivity contribution is -0.661. The number of nitrogens with zero attached hydrogens (tertiary/aromatic N) is 2. The van der Waals surface area contributed by atoms with E-state index in [1.165, 1.54) is 5.84 Å². The van der Waals surface area contributed by atoms with Crippen molar-refractivity contribution < 1.29 is 14.4 Å². The Hall–Kier alpha value is -1.85. The topological polar surface area (TPSA) is 35.7 Å². The van der Waals surface area contributed by atoms with Gasteiger partial charge in [0.15, 0.2) is 18.0 Å². The maximum atomic E-state index is 11.7. The van der Waals surface area contributed by atoms with Gasteiger partial charge >= 0.3 is 0 Å². The summed E-state index contributed by atoms with van der Waals surface area (Å²) in [6.45, 7) is 1.37.